The van der Waals surface area contributed by atoms with Crippen LogP contribution in [-0.2, 0) is 6.54 Å². The summed E-state index contributed by atoms with van der Waals surface area (Å²) in [4.78, 5) is 9.70. The molecule has 0 bridgehead atoms. The fourth-order valence-corrected chi connectivity index (χ4v) is 2.52. The minimum absolute atomic E-state index is 0.138. The van der Waals surface area contributed by atoms with Gasteiger partial charge in [-0.05, 0) is 62.7 Å². The van der Waals surface area contributed by atoms with Gasteiger partial charge in [0.25, 0.3) is 0 Å². The van der Waals surface area contributed by atoms with Gasteiger partial charge in [-0.3, -0.25) is 0 Å². The van der Waals surface area contributed by atoms with Gasteiger partial charge < -0.3 is 5.32 Å². The van der Waals surface area contributed by atoms with Gasteiger partial charge >= 0.3 is 0 Å². The van der Waals surface area contributed by atoms with Crippen molar-refractivity contribution in [1.29, 1.82) is 0 Å². The van der Waals surface area contributed by atoms with Crippen LogP contribution < -0.4 is 5.32 Å². The summed E-state index contributed by atoms with van der Waals surface area (Å²) in [7, 11) is 0. The van der Waals surface area contributed by atoms with E-state index in [-0.39, 0.29) is 5.54 Å². The number of nitrogens with one attached hydrogen (secondary N) is 1. The number of aryl methyl sites for hydroxylation is 1. The quantitative estimate of drug-likeness (QED) is 0.867. The van der Waals surface area contributed by atoms with Crippen LogP contribution in [0.25, 0.3) is 0 Å². The van der Waals surface area contributed by atoms with E-state index in [2.05, 4.69) is 61.2 Å². The summed E-state index contributed by atoms with van der Waals surface area (Å²) in [6, 6.07) is 8.37. The molecular formula is C16H21N3S. The maximum Gasteiger partial charge on any atom is 0.192 e. The highest BCUT2D eigenvalue weighted by Gasteiger charge is 2.09. The molecular weight excluding hydrogens is 266 g/mol. The molecule has 0 aliphatic heterocycles. The molecule has 1 heterocycles. The van der Waals surface area contributed by atoms with Crippen molar-refractivity contribution in [2.24, 2.45) is 0 Å². The van der Waals surface area contributed by atoms with Crippen LogP contribution in [0.2, 0.25) is 0 Å². The largest absolute Gasteiger partial charge is 0.308 e. The Labute approximate surface area is 125 Å². The van der Waals surface area contributed by atoms with Crippen LogP contribution in [0.15, 0.2) is 46.7 Å². The van der Waals surface area contributed by atoms with E-state index < -0.39 is 0 Å². The number of rotatable bonds is 4. The van der Waals surface area contributed by atoms with Gasteiger partial charge in [-0.25, -0.2) is 9.97 Å². The third kappa shape index (κ3) is 4.62. The van der Waals surface area contributed by atoms with Crippen molar-refractivity contribution in [3.8, 4) is 0 Å². The van der Waals surface area contributed by atoms with Crippen molar-refractivity contribution >= 4 is 11.8 Å². The Hall–Kier alpha value is -1.39. The molecule has 1 aromatic carbocycles. The molecule has 1 aromatic heterocycles. The number of hydrogen-bond donors (Lipinski definition) is 1. The van der Waals surface area contributed by atoms with E-state index in [9.17, 15) is 0 Å². The Morgan fingerprint density at radius 3 is 2.45 bits per heavy atom. The molecule has 0 aliphatic carbocycles. The van der Waals surface area contributed by atoms with E-state index in [1.807, 2.05) is 6.07 Å². The lowest BCUT2D eigenvalue weighted by Gasteiger charge is -2.20. The van der Waals surface area contributed by atoms with E-state index in [4.69, 9.17) is 0 Å². The molecule has 0 saturated heterocycles. The first-order chi connectivity index (χ1) is 9.44. The summed E-state index contributed by atoms with van der Waals surface area (Å²) in [6.07, 6.45) is 3.54. The third-order valence-corrected chi connectivity index (χ3v) is 3.88. The summed E-state index contributed by atoms with van der Waals surface area (Å²) in [5.41, 5.74) is 2.70. The number of hydrogen-bond acceptors (Lipinski definition) is 4. The summed E-state index contributed by atoms with van der Waals surface area (Å²) in [6.45, 7) is 9.55. The van der Waals surface area contributed by atoms with Crippen molar-refractivity contribution in [3.63, 3.8) is 0 Å². The molecule has 0 saturated carbocycles. The third-order valence-electron chi connectivity index (χ3n) is 2.81. The predicted octanol–water partition coefficient (Wildman–Crippen LogP) is 3.82. The first-order valence-electron chi connectivity index (χ1n) is 6.73. The van der Waals surface area contributed by atoms with Crippen molar-refractivity contribution in [1.82, 2.24) is 15.3 Å². The number of benzene rings is 1. The Morgan fingerprint density at radius 1 is 1.15 bits per heavy atom. The van der Waals surface area contributed by atoms with Crippen molar-refractivity contribution < 1.29 is 0 Å². The molecule has 20 heavy (non-hydrogen) atoms. The fourth-order valence-electron chi connectivity index (χ4n) is 1.74. The second-order valence-corrected chi connectivity index (χ2v) is 6.85. The van der Waals surface area contributed by atoms with E-state index in [1.165, 1.54) is 16.0 Å². The van der Waals surface area contributed by atoms with Gasteiger partial charge in [-0.2, -0.15) is 0 Å². The molecule has 2 aromatic rings. The maximum absolute atomic E-state index is 4.25. The van der Waals surface area contributed by atoms with E-state index in [0.717, 1.165) is 11.7 Å². The van der Waals surface area contributed by atoms with Gasteiger partial charge in [-0.1, -0.05) is 12.1 Å². The smallest absolute Gasteiger partial charge is 0.192 e. The molecule has 0 spiro atoms. The van der Waals surface area contributed by atoms with Crippen molar-refractivity contribution in [3.05, 3.63) is 47.8 Å². The average molecular weight is 287 g/mol. The highest BCUT2D eigenvalue weighted by Crippen LogP contribution is 2.27. The van der Waals surface area contributed by atoms with Crippen LogP contribution in [0.3, 0.4) is 0 Å². The second kappa shape index (κ2) is 6.37. The minimum Gasteiger partial charge on any atom is -0.308 e. The zero-order valence-electron chi connectivity index (χ0n) is 12.5. The molecule has 1 N–H and O–H groups in total. The minimum atomic E-state index is 0.138. The average Bonchev–Trinajstić information content (AvgIpc) is 2.40. The summed E-state index contributed by atoms with van der Waals surface area (Å²) in [5.74, 6) is 0. The van der Waals surface area contributed by atoms with Crippen LogP contribution in [0, 0.1) is 6.92 Å². The highest BCUT2D eigenvalue weighted by atomic mass is 32.2. The summed E-state index contributed by atoms with van der Waals surface area (Å²) < 4.78 is 0. The molecule has 4 heteroatoms. The molecule has 106 valence electrons. The standard InChI is InChI=1S/C16H21N3S/c1-12-10-13(11-19-16(2,3)4)6-7-14(12)20-15-17-8-5-9-18-15/h5-10,19H,11H2,1-4H3. The second-order valence-electron chi connectivity index (χ2n) is 5.84. The zero-order chi connectivity index (χ0) is 14.6. The van der Waals surface area contributed by atoms with Crippen LogP contribution in [-0.4, -0.2) is 15.5 Å². The highest BCUT2D eigenvalue weighted by molar-refractivity contribution is 7.99. The topological polar surface area (TPSA) is 37.8 Å². The SMILES string of the molecule is Cc1cc(CNC(C)(C)C)ccc1Sc1ncccn1. The van der Waals surface area contributed by atoms with Gasteiger partial charge in [0.1, 0.15) is 0 Å². The van der Waals surface area contributed by atoms with Crippen LogP contribution in [0.4, 0.5) is 0 Å². The Morgan fingerprint density at radius 2 is 1.85 bits per heavy atom. The Kier molecular flexibility index (Phi) is 4.78. The molecule has 0 radical (unpaired) electrons. The molecule has 0 fully saturated rings. The van der Waals surface area contributed by atoms with Gasteiger partial charge in [0.15, 0.2) is 5.16 Å². The van der Waals surface area contributed by atoms with Gasteiger partial charge in [0, 0.05) is 29.4 Å². The lowest BCUT2D eigenvalue weighted by Crippen LogP contribution is -2.35. The normalized spacial score (nSPS) is 11.6. The Balaban J connectivity index is 2.06. The van der Waals surface area contributed by atoms with E-state index >= 15 is 0 Å². The zero-order valence-corrected chi connectivity index (χ0v) is 13.3. The fraction of sp³-hybridized carbons (Fsp3) is 0.375. The predicted molar refractivity (Wildman–Crippen MR) is 83.9 cm³/mol. The number of nitrogens with zero attached hydrogens (tertiary/aromatic N) is 2. The van der Waals surface area contributed by atoms with Crippen molar-refractivity contribution in [2.45, 2.75) is 49.8 Å². The van der Waals surface area contributed by atoms with E-state index in [1.54, 1.807) is 24.2 Å². The molecule has 2 rings (SSSR count). The lowest BCUT2D eigenvalue weighted by molar-refractivity contribution is 0.424. The summed E-state index contributed by atoms with van der Waals surface area (Å²) >= 11 is 1.60. The van der Waals surface area contributed by atoms with Crippen LogP contribution in [0.5, 0.6) is 0 Å². The monoisotopic (exact) mass is 287 g/mol. The molecule has 0 atom stereocenters. The van der Waals surface area contributed by atoms with E-state index in [0.29, 0.717) is 0 Å². The first-order valence-corrected chi connectivity index (χ1v) is 7.55. The van der Waals surface area contributed by atoms with Crippen molar-refractivity contribution in [2.75, 3.05) is 0 Å². The first kappa shape index (κ1) is 15.0. The Bertz CT molecular complexity index is 562. The van der Waals surface area contributed by atoms with Gasteiger partial charge in [-0.15, -0.1) is 0 Å². The maximum atomic E-state index is 4.25. The molecule has 0 amide bonds. The molecule has 3 nitrogen and oxygen atoms in total. The van der Waals surface area contributed by atoms with Gasteiger partial charge in [0.05, 0.1) is 0 Å². The lowest BCUT2D eigenvalue weighted by atomic mass is 10.1. The van der Waals surface area contributed by atoms with Crippen LogP contribution >= 0.6 is 11.8 Å². The molecule has 0 aliphatic rings. The molecule has 0 unspecified atom stereocenters. The summed E-state index contributed by atoms with van der Waals surface area (Å²) in [5, 5.41) is 4.29. The number of aromatic nitrogens is 2. The van der Waals surface area contributed by atoms with Crippen LogP contribution in [0.1, 0.15) is 31.9 Å². The van der Waals surface area contributed by atoms with Gasteiger partial charge in [0.2, 0.25) is 0 Å².